The fraction of sp³-hybridized carbons (Fsp3) is 0.385. The first kappa shape index (κ1) is 14.7. The van der Waals surface area contributed by atoms with Gasteiger partial charge in [0.05, 0.1) is 12.3 Å². The van der Waals surface area contributed by atoms with Crippen molar-refractivity contribution in [1.82, 2.24) is 19.5 Å². The van der Waals surface area contributed by atoms with Gasteiger partial charge in [-0.3, -0.25) is 4.68 Å². The molecule has 2 aromatic rings. The number of aromatic nitrogens is 3. The van der Waals surface area contributed by atoms with Gasteiger partial charge in [0, 0.05) is 6.04 Å². The molecule has 6 nitrogen and oxygen atoms in total. The Bertz CT molecular complexity index is 611. The lowest BCUT2D eigenvalue weighted by molar-refractivity contribution is 0.493. The Balaban J connectivity index is 1.84. The molecule has 0 fully saturated rings. The van der Waals surface area contributed by atoms with E-state index in [0.29, 0.717) is 13.0 Å². The molecule has 1 aromatic carbocycles. The molecule has 1 N–H and O–H groups in total. The normalized spacial score (nSPS) is 13.2. The summed E-state index contributed by atoms with van der Waals surface area (Å²) in [6.07, 6.45) is 3.50. The summed E-state index contributed by atoms with van der Waals surface area (Å²) in [6, 6.07) is 9.35. The van der Waals surface area contributed by atoms with Crippen LogP contribution in [-0.4, -0.2) is 35.0 Å². The summed E-state index contributed by atoms with van der Waals surface area (Å²) < 4.78 is 28.2. The zero-order valence-electron chi connectivity index (χ0n) is 11.3. The van der Waals surface area contributed by atoms with E-state index < -0.39 is 10.0 Å². The largest absolute Gasteiger partial charge is 0.251 e. The minimum Gasteiger partial charge on any atom is -0.251 e. The molecule has 0 saturated heterocycles. The predicted octanol–water partition coefficient (Wildman–Crippen LogP) is 0.829. The minimum absolute atomic E-state index is 0.0821. The van der Waals surface area contributed by atoms with Gasteiger partial charge in [-0.05, 0) is 18.9 Å². The van der Waals surface area contributed by atoms with Gasteiger partial charge in [0.15, 0.2) is 0 Å². The predicted molar refractivity (Wildman–Crippen MR) is 76.6 cm³/mol. The Hall–Kier alpha value is -1.73. The van der Waals surface area contributed by atoms with Crippen molar-refractivity contribution in [2.45, 2.75) is 25.9 Å². The van der Waals surface area contributed by atoms with Gasteiger partial charge in [-0.1, -0.05) is 30.3 Å². The number of nitrogens with zero attached hydrogens (tertiary/aromatic N) is 3. The van der Waals surface area contributed by atoms with Crippen LogP contribution in [0.15, 0.2) is 43.0 Å². The highest BCUT2D eigenvalue weighted by Crippen LogP contribution is 2.02. The van der Waals surface area contributed by atoms with Crippen molar-refractivity contribution in [3.8, 4) is 0 Å². The lowest BCUT2D eigenvalue weighted by Crippen LogP contribution is -2.37. The Kier molecular flexibility index (Phi) is 4.86. The van der Waals surface area contributed by atoms with Gasteiger partial charge in [-0.25, -0.2) is 18.1 Å². The lowest BCUT2D eigenvalue weighted by atomic mass is 10.2. The lowest BCUT2D eigenvalue weighted by Gasteiger charge is -2.14. The van der Waals surface area contributed by atoms with E-state index in [1.54, 1.807) is 11.0 Å². The molecule has 108 valence electrons. The van der Waals surface area contributed by atoms with E-state index in [9.17, 15) is 8.42 Å². The Morgan fingerprint density at radius 1 is 1.30 bits per heavy atom. The van der Waals surface area contributed by atoms with E-state index in [1.807, 2.05) is 37.3 Å². The van der Waals surface area contributed by atoms with Crippen molar-refractivity contribution >= 4 is 10.0 Å². The van der Waals surface area contributed by atoms with Crippen LogP contribution in [0.1, 0.15) is 12.5 Å². The van der Waals surface area contributed by atoms with E-state index in [2.05, 4.69) is 14.8 Å². The van der Waals surface area contributed by atoms with Gasteiger partial charge in [0.25, 0.3) is 0 Å². The number of nitrogens with one attached hydrogen (secondary N) is 1. The van der Waals surface area contributed by atoms with Gasteiger partial charge in [-0.2, -0.15) is 5.10 Å². The van der Waals surface area contributed by atoms with Crippen LogP contribution in [0, 0.1) is 0 Å². The molecule has 0 saturated carbocycles. The van der Waals surface area contributed by atoms with Crippen molar-refractivity contribution in [2.24, 2.45) is 0 Å². The van der Waals surface area contributed by atoms with Crippen LogP contribution in [0.3, 0.4) is 0 Å². The second-order valence-corrected chi connectivity index (χ2v) is 6.56. The van der Waals surface area contributed by atoms with Gasteiger partial charge in [0.1, 0.15) is 12.7 Å². The van der Waals surface area contributed by atoms with Crippen LogP contribution in [0.5, 0.6) is 0 Å². The first-order valence-corrected chi connectivity index (χ1v) is 8.07. The quantitative estimate of drug-likeness (QED) is 0.820. The zero-order valence-corrected chi connectivity index (χ0v) is 12.1. The molecule has 2 rings (SSSR count). The summed E-state index contributed by atoms with van der Waals surface area (Å²) in [5.41, 5.74) is 1.02. The maximum atomic E-state index is 12.0. The third kappa shape index (κ3) is 4.75. The number of aryl methyl sites for hydroxylation is 1. The van der Waals surface area contributed by atoms with Crippen molar-refractivity contribution in [3.05, 3.63) is 48.5 Å². The fourth-order valence-corrected chi connectivity index (χ4v) is 3.22. The molecule has 0 bridgehead atoms. The summed E-state index contributed by atoms with van der Waals surface area (Å²) in [4.78, 5) is 3.82. The van der Waals surface area contributed by atoms with Crippen LogP contribution >= 0.6 is 0 Å². The smallest absolute Gasteiger partial charge is 0.212 e. The molecule has 0 aliphatic rings. The van der Waals surface area contributed by atoms with Gasteiger partial charge >= 0.3 is 0 Å². The second-order valence-electron chi connectivity index (χ2n) is 4.69. The highest BCUT2D eigenvalue weighted by Gasteiger charge is 2.15. The van der Waals surface area contributed by atoms with E-state index in [-0.39, 0.29) is 11.8 Å². The molecular weight excluding hydrogens is 276 g/mol. The third-order valence-electron chi connectivity index (χ3n) is 2.81. The van der Waals surface area contributed by atoms with Gasteiger partial charge < -0.3 is 0 Å². The molecule has 0 amide bonds. The van der Waals surface area contributed by atoms with E-state index in [4.69, 9.17) is 0 Å². The van der Waals surface area contributed by atoms with Gasteiger partial charge in [-0.15, -0.1) is 0 Å². The Labute approximate surface area is 118 Å². The van der Waals surface area contributed by atoms with Crippen molar-refractivity contribution in [2.75, 3.05) is 5.75 Å². The number of hydrogen-bond acceptors (Lipinski definition) is 4. The molecule has 20 heavy (non-hydrogen) atoms. The molecule has 7 heteroatoms. The maximum absolute atomic E-state index is 12.0. The van der Waals surface area contributed by atoms with Crippen molar-refractivity contribution in [1.29, 1.82) is 0 Å². The molecule has 0 spiro atoms. The molecule has 1 aromatic heterocycles. The monoisotopic (exact) mass is 294 g/mol. The number of rotatable bonds is 7. The minimum atomic E-state index is -3.29. The van der Waals surface area contributed by atoms with E-state index >= 15 is 0 Å². The van der Waals surface area contributed by atoms with Crippen LogP contribution in [0.2, 0.25) is 0 Å². The fourth-order valence-electron chi connectivity index (χ4n) is 1.91. The molecule has 0 aliphatic carbocycles. The summed E-state index contributed by atoms with van der Waals surface area (Å²) >= 11 is 0. The maximum Gasteiger partial charge on any atom is 0.212 e. The molecule has 0 aliphatic heterocycles. The van der Waals surface area contributed by atoms with Crippen LogP contribution < -0.4 is 4.72 Å². The van der Waals surface area contributed by atoms with Crippen LogP contribution in [-0.2, 0) is 23.0 Å². The summed E-state index contributed by atoms with van der Waals surface area (Å²) in [7, 11) is -3.29. The summed E-state index contributed by atoms with van der Waals surface area (Å²) in [6.45, 7) is 2.27. The van der Waals surface area contributed by atoms with Gasteiger partial charge in [0.2, 0.25) is 10.0 Å². The van der Waals surface area contributed by atoms with Crippen LogP contribution in [0.4, 0.5) is 0 Å². The third-order valence-corrected chi connectivity index (χ3v) is 4.31. The summed E-state index contributed by atoms with van der Waals surface area (Å²) in [5, 5.41) is 3.95. The van der Waals surface area contributed by atoms with Crippen molar-refractivity contribution < 1.29 is 8.42 Å². The Morgan fingerprint density at radius 2 is 2.05 bits per heavy atom. The SMILES string of the molecule is CC(Cn1cncn1)NS(=O)(=O)CCc1ccccc1. The number of hydrogen-bond donors (Lipinski definition) is 1. The first-order valence-electron chi connectivity index (χ1n) is 6.41. The number of sulfonamides is 1. The topological polar surface area (TPSA) is 76.9 Å². The first-order chi connectivity index (χ1) is 9.55. The highest BCUT2D eigenvalue weighted by atomic mass is 32.2. The molecule has 1 atom stereocenters. The molecule has 1 unspecified atom stereocenters. The Morgan fingerprint density at radius 3 is 2.70 bits per heavy atom. The van der Waals surface area contributed by atoms with Crippen molar-refractivity contribution in [3.63, 3.8) is 0 Å². The highest BCUT2D eigenvalue weighted by molar-refractivity contribution is 7.89. The molecular formula is C13H18N4O2S. The summed E-state index contributed by atoms with van der Waals surface area (Å²) in [5.74, 6) is 0.0821. The zero-order chi connectivity index (χ0) is 14.4. The van der Waals surface area contributed by atoms with E-state index in [1.165, 1.54) is 6.33 Å². The van der Waals surface area contributed by atoms with Crippen LogP contribution in [0.25, 0.3) is 0 Å². The molecule has 1 heterocycles. The number of benzene rings is 1. The standard InChI is InChI=1S/C13H18N4O2S/c1-12(9-17-11-14-10-15-17)16-20(18,19)8-7-13-5-3-2-4-6-13/h2-6,10-12,16H,7-9H2,1H3. The van der Waals surface area contributed by atoms with E-state index in [0.717, 1.165) is 5.56 Å². The second kappa shape index (κ2) is 6.62. The molecule has 0 radical (unpaired) electrons. The average molecular weight is 294 g/mol. The average Bonchev–Trinajstić information content (AvgIpc) is 2.90.